The molecule has 24 heavy (non-hydrogen) atoms. The number of para-hydroxylation sites is 1. The SMILES string of the molecule is CC(C)N(C(=O)COC(=O)c1cc2ccccc2oc1=O)C(C)C. The van der Waals surface area contributed by atoms with E-state index in [2.05, 4.69) is 0 Å². The first-order valence-electron chi connectivity index (χ1n) is 7.82. The minimum atomic E-state index is -0.865. The van der Waals surface area contributed by atoms with Crippen LogP contribution in [0.4, 0.5) is 0 Å². The number of rotatable bonds is 5. The van der Waals surface area contributed by atoms with Crippen LogP contribution in [0, 0.1) is 0 Å². The van der Waals surface area contributed by atoms with Crippen LogP contribution < -0.4 is 5.63 Å². The van der Waals surface area contributed by atoms with Crippen molar-refractivity contribution in [1.29, 1.82) is 0 Å². The van der Waals surface area contributed by atoms with Gasteiger partial charge in [-0.15, -0.1) is 0 Å². The number of esters is 1. The number of nitrogens with zero attached hydrogens (tertiary/aromatic N) is 1. The Labute approximate surface area is 140 Å². The van der Waals surface area contributed by atoms with Gasteiger partial charge in [-0.05, 0) is 39.8 Å². The molecule has 0 saturated heterocycles. The van der Waals surface area contributed by atoms with E-state index < -0.39 is 18.2 Å². The second-order valence-electron chi connectivity index (χ2n) is 6.05. The minimum absolute atomic E-state index is 0.0121. The van der Waals surface area contributed by atoms with Gasteiger partial charge in [-0.1, -0.05) is 18.2 Å². The third-order valence-electron chi connectivity index (χ3n) is 3.59. The molecule has 6 nitrogen and oxygen atoms in total. The molecular formula is C18H21NO5. The van der Waals surface area contributed by atoms with Gasteiger partial charge in [0.1, 0.15) is 11.1 Å². The first-order valence-corrected chi connectivity index (χ1v) is 7.82. The van der Waals surface area contributed by atoms with Crippen LogP contribution in [0.2, 0.25) is 0 Å². The van der Waals surface area contributed by atoms with Gasteiger partial charge in [0.05, 0.1) is 0 Å². The van der Waals surface area contributed by atoms with Gasteiger partial charge >= 0.3 is 11.6 Å². The lowest BCUT2D eigenvalue weighted by Gasteiger charge is -2.30. The smallest absolute Gasteiger partial charge is 0.351 e. The van der Waals surface area contributed by atoms with Crippen LogP contribution in [0.15, 0.2) is 39.5 Å². The molecule has 0 aliphatic rings. The van der Waals surface area contributed by atoms with Crippen LogP contribution in [0.5, 0.6) is 0 Å². The summed E-state index contributed by atoms with van der Waals surface area (Å²) in [5.74, 6) is -1.17. The fourth-order valence-electron chi connectivity index (χ4n) is 2.66. The lowest BCUT2D eigenvalue weighted by Crippen LogP contribution is -2.44. The molecule has 0 fully saturated rings. The lowest BCUT2D eigenvalue weighted by atomic mass is 10.2. The number of fused-ring (bicyclic) bond motifs is 1. The van der Waals surface area contributed by atoms with Crippen molar-refractivity contribution in [2.24, 2.45) is 0 Å². The molecule has 0 atom stereocenters. The van der Waals surface area contributed by atoms with E-state index >= 15 is 0 Å². The molecule has 1 amide bonds. The van der Waals surface area contributed by atoms with Crippen LogP contribution >= 0.6 is 0 Å². The van der Waals surface area contributed by atoms with E-state index in [1.807, 2.05) is 27.7 Å². The molecule has 0 spiro atoms. The average molecular weight is 331 g/mol. The van der Waals surface area contributed by atoms with Crippen molar-refractivity contribution in [2.45, 2.75) is 39.8 Å². The zero-order chi connectivity index (χ0) is 17.9. The molecule has 1 aromatic heterocycles. The van der Waals surface area contributed by atoms with E-state index in [0.717, 1.165) is 0 Å². The molecule has 0 unspecified atom stereocenters. The average Bonchev–Trinajstić information content (AvgIpc) is 2.51. The maximum Gasteiger partial charge on any atom is 0.351 e. The summed E-state index contributed by atoms with van der Waals surface area (Å²) in [6, 6.07) is 8.25. The van der Waals surface area contributed by atoms with Crippen LogP contribution in [0.25, 0.3) is 11.0 Å². The predicted octanol–water partition coefficient (Wildman–Crippen LogP) is 2.60. The Morgan fingerprint density at radius 2 is 1.75 bits per heavy atom. The minimum Gasteiger partial charge on any atom is -0.452 e. The van der Waals surface area contributed by atoms with E-state index in [0.29, 0.717) is 11.0 Å². The Bertz CT molecular complexity index is 798. The molecule has 0 aliphatic heterocycles. The largest absolute Gasteiger partial charge is 0.452 e. The molecule has 0 aliphatic carbocycles. The highest BCUT2D eigenvalue weighted by atomic mass is 16.5. The van der Waals surface area contributed by atoms with Crippen molar-refractivity contribution >= 4 is 22.8 Å². The third-order valence-corrected chi connectivity index (χ3v) is 3.59. The number of benzene rings is 1. The van der Waals surface area contributed by atoms with Gasteiger partial charge in [-0.2, -0.15) is 0 Å². The summed E-state index contributed by atoms with van der Waals surface area (Å²) in [6.07, 6.45) is 0. The molecule has 1 heterocycles. The number of carbonyl (C=O) groups is 2. The molecule has 0 N–H and O–H groups in total. The second-order valence-corrected chi connectivity index (χ2v) is 6.05. The summed E-state index contributed by atoms with van der Waals surface area (Å²) in [6.45, 7) is 7.13. The first kappa shape index (κ1) is 17.7. The zero-order valence-electron chi connectivity index (χ0n) is 14.2. The molecule has 2 rings (SSSR count). The summed E-state index contributed by atoms with van der Waals surface area (Å²) >= 11 is 0. The van der Waals surface area contributed by atoms with Crippen LogP contribution in [0.3, 0.4) is 0 Å². The van der Waals surface area contributed by atoms with Crippen molar-refractivity contribution in [2.75, 3.05) is 6.61 Å². The molecule has 6 heteroatoms. The Balaban J connectivity index is 2.14. The molecule has 0 bridgehead atoms. The zero-order valence-corrected chi connectivity index (χ0v) is 14.2. The van der Waals surface area contributed by atoms with Crippen molar-refractivity contribution in [3.05, 3.63) is 46.3 Å². The van der Waals surface area contributed by atoms with Crippen molar-refractivity contribution < 1.29 is 18.7 Å². The van der Waals surface area contributed by atoms with E-state index in [1.165, 1.54) is 6.07 Å². The van der Waals surface area contributed by atoms with Gasteiger partial charge in [0, 0.05) is 17.5 Å². The maximum absolute atomic E-state index is 12.2. The van der Waals surface area contributed by atoms with Crippen molar-refractivity contribution in [1.82, 2.24) is 4.90 Å². The van der Waals surface area contributed by atoms with E-state index in [-0.39, 0.29) is 23.6 Å². The quantitative estimate of drug-likeness (QED) is 0.622. The summed E-state index contributed by atoms with van der Waals surface area (Å²) in [4.78, 5) is 37.9. The van der Waals surface area contributed by atoms with Gasteiger partial charge in [0.15, 0.2) is 6.61 Å². The molecular weight excluding hydrogens is 310 g/mol. The lowest BCUT2D eigenvalue weighted by molar-refractivity contribution is -0.138. The Morgan fingerprint density at radius 3 is 2.38 bits per heavy atom. The molecule has 2 aromatic rings. The number of carbonyl (C=O) groups excluding carboxylic acids is 2. The monoisotopic (exact) mass is 331 g/mol. The van der Waals surface area contributed by atoms with Gasteiger partial charge in [-0.3, -0.25) is 4.79 Å². The fourth-order valence-corrected chi connectivity index (χ4v) is 2.66. The van der Waals surface area contributed by atoms with Crippen molar-refractivity contribution in [3.8, 4) is 0 Å². The Morgan fingerprint density at radius 1 is 1.12 bits per heavy atom. The topological polar surface area (TPSA) is 76.8 Å². The summed E-state index contributed by atoms with van der Waals surface area (Å²) in [5, 5.41) is 0.612. The third kappa shape index (κ3) is 3.82. The van der Waals surface area contributed by atoms with Crippen LogP contribution in [-0.4, -0.2) is 35.5 Å². The summed E-state index contributed by atoms with van der Waals surface area (Å²) in [7, 11) is 0. The molecule has 128 valence electrons. The number of hydrogen-bond acceptors (Lipinski definition) is 5. The van der Waals surface area contributed by atoms with Gasteiger partial charge < -0.3 is 14.1 Å². The second kappa shape index (κ2) is 7.29. The molecule has 0 saturated carbocycles. The summed E-state index contributed by atoms with van der Waals surface area (Å²) < 4.78 is 10.1. The first-order chi connectivity index (χ1) is 11.3. The van der Waals surface area contributed by atoms with E-state index in [4.69, 9.17) is 9.15 Å². The highest BCUT2D eigenvalue weighted by Gasteiger charge is 2.22. The van der Waals surface area contributed by atoms with E-state index in [1.54, 1.807) is 29.2 Å². The molecule has 0 radical (unpaired) electrons. The highest BCUT2D eigenvalue weighted by molar-refractivity contribution is 5.94. The van der Waals surface area contributed by atoms with Crippen molar-refractivity contribution in [3.63, 3.8) is 0 Å². The van der Waals surface area contributed by atoms with Crippen LogP contribution in [0.1, 0.15) is 38.1 Å². The number of ether oxygens (including phenoxy) is 1. The van der Waals surface area contributed by atoms with Gasteiger partial charge in [0.25, 0.3) is 5.91 Å². The number of amides is 1. The maximum atomic E-state index is 12.2. The van der Waals surface area contributed by atoms with E-state index in [9.17, 15) is 14.4 Å². The molecule has 1 aromatic carbocycles. The highest BCUT2D eigenvalue weighted by Crippen LogP contribution is 2.13. The normalized spacial score (nSPS) is 11.1. The number of hydrogen-bond donors (Lipinski definition) is 0. The van der Waals surface area contributed by atoms with Crippen LogP contribution in [-0.2, 0) is 9.53 Å². The predicted molar refractivity (Wildman–Crippen MR) is 89.9 cm³/mol. The van der Waals surface area contributed by atoms with Gasteiger partial charge in [-0.25, -0.2) is 9.59 Å². The Kier molecular flexibility index (Phi) is 5.39. The fraction of sp³-hybridized carbons (Fsp3) is 0.389. The Hall–Kier alpha value is -2.63. The summed E-state index contributed by atoms with van der Waals surface area (Å²) in [5.41, 5.74) is -0.612. The standard InChI is InChI=1S/C18H21NO5/c1-11(2)19(12(3)4)16(20)10-23-17(21)14-9-13-7-5-6-8-15(13)24-18(14)22/h5-9,11-12H,10H2,1-4H3. The van der Waals surface area contributed by atoms with Gasteiger partial charge in [0.2, 0.25) is 0 Å².